The Kier molecular flexibility index (Phi) is 8.25. The summed E-state index contributed by atoms with van der Waals surface area (Å²) in [4.78, 5) is 53.5. The molecule has 1 aliphatic heterocycles. The van der Waals surface area contributed by atoms with Gasteiger partial charge >= 0.3 is 12.2 Å². The minimum Gasteiger partial charge on any atom is -0.380 e. The number of nitrogens with zero attached hydrogens (tertiary/aromatic N) is 4. The van der Waals surface area contributed by atoms with Crippen LogP contribution in [0.15, 0.2) is 53.6 Å². The summed E-state index contributed by atoms with van der Waals surface area (Å²) in [6, 6.07) is 3.81. The van der Waals surface area contributed by atoms with Crippen LogP contribution in [0.25, 0.3) is 5.69 Å². The number of likely N-dealkylation sites (tertiary alicyclic amines) is 1. The van der Waals surface area contributed by atoms with Gasteiger partial charge in [-0.15, -0.1) is 0 Å². The first kappa shape index (κ1) is 29.4. The van der Waals surface area contributed by atoms with Gasteiger partial charge in [-0.25, -0.2) is 14.2 Å². The molecule has 0 spiro atoms. The molecule has 0 radical (unpaired) electrons. The van der Waals surface area contributed by atoms with Crippen molar-refractivity contribution >= 4 is 40.7 Å². The highest BCUT2D eigenvalue weighted by Crippen LogP contribution is 2.30. The molecule has 4 rings (SSSR count). The Morgan fingerprint density at radius 3 is 2.51 bits per heavy atom. The first-order valence-electron chi connectivity index (χ1n) is 11.6. The van der Waals surface area contributed by atoms with Crippen molar-refractivity contribution in [1.29, 1.82) is 0 Å². The van der Waals surface area contributed by atoms with Crippen molar-refractivity contribution in [3.05, 3.63) is 85.7 Å². The topological polar surface area (TPSA) is 149 Å². The van der Waals surface area contributed by atoms with Gasteiger partial charge in [0.1, 0.15) is 23.2 Å². The number of alkyl halides is 3. The number of urea groups is 1. The van der Waals surface area contributed by atoms with E-state index in [0.717, 1.165) is 17.0 Å². The van der Waals surface area contributed by atoms with Crippen LogP contribution in [0, 0.1) is 15.9 Å². The Bertz CT molecular complexity index is 1570. The van der Waals surface area contributed by atoms with Gasteiger partial charge < -0.3 is 15.0 Å². The maximum Gasteiger partial charge on any atom is 0.421 e. The lowest BCUT2D eigenvalue weighted by Gasteiger charge is -2.24. The normalized spacial score (nSPS) is 16.9. The summed E-state index contributed by atoms with van der Waals surface area (Å²) in [6.07, 6.45) is -3.83. The molecule has 1 aliphatic rings. The number of methoxy groups -OCH3 is 1. The van der Waals surface area contributed by atoms with Crippen LogP contribution >= 0.6 is 11.6 Å². The van der Waals surface area contributed by atoms with Crippen LogP contribution in [0.3, 0.4) is 0 Å². The third kappa shape index (κ3) is 6.44. The van der Waals surface area contributed by atoms with E-state index >= 15 is 4.39 Å². The van der Waals surface area contributed by atoms with E-state index in [1.807, 2.05) is 0 Å². The first-order valence-corrected chi connectivity index (χ1v) is 12.0. The summed E-state index contributed by atoms with van der Waals surface area (Å²) in [5, 5.41) is 16.3. The zero-order valence-corrected chi connectivity index (χ0v) is 21.6. The van der Waals surface area contributed by atoms with Gasteiger partial charge in [0, 0.05) is 38.4 Å². The minimum absolute atomic E-state index is 0.0205. The second-order valence-corrected chi connectivity index (χ2v) is 9.19. The van der Waals surface area contributed by atoms with Crippen molar-refractivity contribution < 1.29 is 36.8 Å². The van der Waals surface area contributed by atoms with E-state index in [1.165, 1.54) is 25.4 Å². The Morgan fingerprint density at radius 2 is 1.93 bits per heavy atom. The molecule has 1 fully saturated rings. The molecule has 0 aliphatic carbocycles. The second-order valence-electron chi connectivity index (χ2n) is 8.75. The van der Waals surface area contributed by atoms with E-state index in [9.17, 15) is 37.7 Å². The molecule has 0 unspecified atom stereocenters. The van der Waals surface area contributed by atoms with Crippen molar-refractivity contribution in [2.45, 2.75) is 24.7 Å². The van der Waals surface area contributed by atoms with E-state index in [4.69, 9.17) is 16.3 Å². The highest BCUT2D eigenvalue weighted by molar-refractivity contribution is 6.30. The van der Waals surface area contributed by atoms with Crippen molar-refractivity contribution in [2.75, 3.05) is 24.3 Å². The van der Waals surface area contributed by atoms with Crippen LogP contribution in [0.4, 0.5) is 39.5 Å². The Balaban J connectivity index is 1.58. The van der Waals surface area contributed by atoms with Gasteiger partial charge in [-0.2, -0.15) is 13.2 Å². The molecule has 3 aromatic rings. The van der Waals surface area contributed by atoms with E-state index in [2.05, 4.69) is 15.6 Å². The number of rotatable bonds is 6. The van der Waals surface area contributed by atoms with Crippen LogP contribution in [-0.4, -0.2) is 57.1 Å². The Labute approximate surface area is 232 Å². The maximum atomic E-state index is 15.0. The molecule has 3 amide bonds. The molecule has 0 saturated carbocycles. The Hall–Kier alpha value is -4.57. The molecule has 1 saturated heterocycles. The standard InChI is InChI=1S/C24H19ClF4N6O6/c1-41-15-8-19(34(11-15)23(38)32-20-5-2-12(25)9-30-20)21(36)31-18-4-3-13(7-17(18)26)33-10-14(35(39)40)6-16(22(33)37)24(27,28)29/h2-7,9-10,15,19H,8,11H2,1H3,(H,31,36)(H,30,32,38)/t15-,19-/m1/s1. The van der Waals surface area contributed by atoms with Gasteiger partial charge in [-0.3, -0.25) is 29.6 Å². The number of carbonyl (C=O) groups excluding carboxylic acids is 2. The number of nitro groups is 1. The van der Waals surface area contributed by atoms with Crippen LogP contribution in [-0.2, 0) is 15.7 Å². The van der Waals surface area contributed by atoms with Gasteiger partial charge in [-0.1, -0.05) is 11.6 Å². The number of carbonyl (C=O) groups is 2. The average Bonchev–Trinajstić information content (AvgIpc) is 3.35. The third-order valence-corrected chi connectivity index (χ3v) is 6.35. The largest absolute Gasteiger partial charge is 0.421 e. The molecule has 12 nitrogen and oxygen atoms in total. The minimum atomic E-state index is -5.21. The summed E-state index contributed by atoms with van der Waals surface area (Å²) >= 11 is 5.79. The number of hydrogen-bond acceptors (Lipinski definition) is 7. The van der Waals surface area contributed by atoms with E-state index in [1.54, 1.807) is 0 Å². The highest BCUT2D eigenvalue weighted by Gasteiger charge is 2.40. The lowest BCUT2D eigenvalue weighted by molar-refractivity contribution is -0.385. The summed E-state index contributed by atoms with van der Waals surface area (Å²) in [5.74, 6) is -1.81. The molecular weight excluding hydrogens is 580 g/mol. The van der Waals surface area contributed by atoms with Gasteiger partial charge in [0.2, 0.25) is 5.91 Å². The smallest absolute Gasteiger partial charge is 0.380 e. The number of halogens is 5. The molecule has 41 heavy (non-hydrogen) atoms. The molecule has 2 atom stereocenters. The highest BCUT2D eigenvalue weighted by atomic mass is 35.5. The molecule has 2 aromatic heterocycles. The second kappa shape index (κ2) is 11.5. The predicted octanol–water partition coefficient (Wildman–Crippen LogP) is 4.21. The zero-order chi connectivity index (χ0) is 30.1. The monoisotopic (exact) mass is 598 g/mol. The molecule has 216 valence electrons. The van der Waals surface area contributed by atoms with Crippen LogP contribution in [0.5, 0.6) is 0 Å². The number of aromatic nitrogens is 2. The molecule has 1 aromatic carbocycles. The van der Waals surface area contributed by atoms with E-state index in [-0.39, 0.29) is 29.4 Å². The number of benzene rings is 1. The molecule has 0 bridgehead atoms. The predicted molar refractivity (Wildman–Crippen MR) is 136 cm³/mol. The van der Waals surface area contributed by atoms with Gasteiger partial charge in [0.15, 0.2) is 0 Å². The van der Waals surface area contributed by atoms with Crippen LogP contribution in [0.1, 0.15) is 12.0 Å². The molecular formula is C24H19ClF4N6O6. The lowest BCUT2D eigenvalue weighted by atomic mass is 10.1. The number of amides is 3. The van der Waals surface area contributed by atoms with Crippen molar-refractivity contribution in [3.8, 4) is 5.69 Å². The van der Waals surface area contributed by atoms with Gasteiger partial charge in [0.25, 0.3) is 11.2 Å². The number of hydrogen-bond donors (Lipinski definition) is 2. The average molecular weight is 599 g/mol. The summed E-state index contributed by atoms with van der Waals surface area (Å²) < 4.78 is 60.5. The fraction of sp³-hybridized carbons (Fsp3) is 0.250. The molecule has 2 N–H and O–H groups in total. The number of anilines is 2. The van der Waals surface area contributed by atoms with Gasteiger partial charge in [-0.05, 0) is 24.3 Å². The quantitative estimate of drug-likeness (QED) is 0.245. The van der Waals surface area contributed by atoms with E-state index in [0.29, 0.717) is 17.3 Å². The number of pyridine rings is 2. The van der Waals surface area contributed by atoms with Crippen LogP contribution in [0.2, 0.25) is 5.02 Å². The SMILES string of the molecule is CO[C@@H]1C[C@H](C(=O)Nc2ccc(-n3cc([N+](=O)[O-])cc(C(F)(F)F)c3=O)cc2F)N(C(=O)Nc2ccc(Cl)cn2)C1. The van der Waals surface area contributed by atoms with Gasteiger partial charge in [0.05, 0.1) is 33.6 Å². The zero-order valence-electron chi connectivity index (χ0n) is 20.8. The molecule has 17 heteroatoms. The summed E-state index contributed by atoms with van der Waals surface area (Å²) in [7, 11) is 1.39. The fourth-order valence-corrected chi connectivity index (χ4v) is 4.22. The fourth-order valence-electron chi connectivity index (χ4n) is 4.11. The third-order valence-electron chi connectivity index (χ3n) is 6.13. The summed E-state index contributed by atoms with van der Waals surface area (Å²) in [5.41, 5.74) is -5.40. The van der Waals surface area contributed by atoms with Crippen LogP contribution < -0.4 is 16.2 Å². The number of ether oxygens (including phenoxy) is 1. The number of nitrogens with one attached hydrogen (secondary N) is 2. The lowest BCUT2D eigenvalue weighted by Crippen LogP contribution is -2.45. The Morgan fingerprint density at radius 1 is 1.20 bits per heavy atom. The van der Waals surface area contributed by atoms with Crippen molar-refractivity contribution in [3.63, 3.8) is 0 Å². The van der Waals surface area contributed by atoms with Crippen molar-refractivity contribution in [1.82, 2.24) is 14.5 Å². The van der Waals surface area contributed by atoms with E-state index < -0.39 is 69.2 Å². The molecule has 3 heterocycles. The van der Waals surface area contributed by atoms with Crippen molar-refractivity contribution in [2.24, 2.45) is 0 Å². The first-order chi connectivity index (χ1) is 19.3. The maximum absolute atomic E-state index is 15.0. The summed E-state index contributed by atoms with van der Waals surface area (Å²) in [6.45, 7) is 0.0205.